The number of hydrogen-bond acceptors (Lipinski definition) is 7. The molecule has 0 amide bonds. The highest BCUT2D eigenvalue weighted by Gasteiger charge is 2.30. The van der Waals surface area contributed by atoms with Gasteiger partial charge in [0.25, 0.3) is 0 Å². The summed E-state index contributed by atoms with van der Waals surface area (Å²) in [6.07, 6.45) is 4.93. The molecule has 2 aliphatic heterocycles. The molecule has 3 heterocycles. The summed E-state index contributed by atoms with van der Waals surface area (Å²) in [5.74, 6) is 2.01. The second-order valence-electron chi connectivity index (χ2n) is 9.11. The average molecular weight is 490 g/mol. The van der Waals surface area contributed by atoms with E-state index < -0.39 is 0 Å². The van der Waals surface area contributed by atoms with Crippen LogP contribution in [0.15, 0.2) is 36.5 Å². The van der Waals surface area contributed by atoms with Crippen molar-refractivity contribution in [3.8, 4) is 11.6 Å². The Bertz CT molecular complexity index is 905. The van der Waals surface area contributed by atoms with E-state index >= 15 is 0 Å². The summed E-state index contributed by atoms with van der Waals surface area (Å²) >= 11 is 6.37. The molecule has 2 saturated heterocycles. The summed E-state index contributed by atoms with van der Waals surface area (Å²) in [6, 6.07) is 10.4. The number of aromatic nitrogens is 1. The van der Waals surface area contributed by atoms with Crippen molar-refractivity contribution in [2.24, 2.45) is 5.92 Å². The predicted molar refractivity (Wildman–Crippen MR) is 136 cm³/mol. The number of rotatable bonds is 10. The van der Waals surface area contributed by atoms with E-state index in [1.165, 1.54) is 5.69 Å². The van der Waals surface area contributed by atoms with Gasteiger partial charge < -0.3 is 28.7 Å². The lowest BCUT2D eigenvalue weighted by Crippen LogP contribution is -2.38. The average Bonchev–Trinajstić information content (AvgIpc) is 3.23. The standard InChI is InChI=1S/C26H36ClN3O4/c1-19-17-30(18-25(19)33-14-4-13-31-2)20-5-7-21(8-6-20)34-22-9-11-29(12-10-22)24-15-26(32-3)28-16-23(24)27/h5-8,15-16,19,22,25H,4,9-14,17-18H2,1-3H3/t19?,25-/m0/s1. The Kier molecular flexibility index (Phi) is 8.75. The number of halogens is 1. The highest BCUT2D eigenvalue weighted by atomic mass is 35.5. The molecule has 7 nitrogen and oxygen atoms in total. The topological polar surface area (TPSA) is 56.3 Å². The maximum absolute atomic E-state index is 6.37. The van der Waals surface area contributed by atoms with Gasteiger partial charge in [-0.2, -0.15) is 0 Å². The molecule has 2 fully saturated rings. The maximum Gasteiger partial charge on any atom is 0.215 e. The molecule has 8 heteroatoms. The first-order chi connectivity index (χ1) is 16.6. The number of hydrogen-bond donors (Lipinski definition) is 0. The van der Waals surface area contributed by atoms with E-state index in [9.17, 15) is 0 Å². The summed E-state index contributed by atoms with van der Waals surface area (Å²) in [6.45, 7) is 7.46. The fourth-order valence-corrected chi connectivity index (χ4v) is 4.93. The molecule has 0 spiro atoms. The lowest BCUT2D eigenvalue weighted by molar-refractivity contribution is 0.0310. The van der Waals surface area contributed by atoms with Crippen molar-refractivity contribution in [1.82, 2.24) is 4.98 Å². The SMILES string of the molecule is COCCCO[C@H]1CN(c2ccc(OC3CCN(c4cc(OC)ncc4Cl)CC3)cc2)CC1C. The Balaban J connectivity index is 1.25. The molecule has 1 aromatic heterocycles. The zero-order chi connectivity index (χ0) is 23.9. The van der Waals surface area contributed by atoms with Crippen LogP contribution in [0, 0.1) is 5.92 Å². The summed E-state index contributed by atoms with van der Waals surface area (Å²) in [5, 5.41) is 0.648. The van der Waals surface area contributed by atoms with Gasteiger partial charge in [0.2, 0.25) is 5.88 Å². The van der Waals surface area contributed by atoms with Crippen LogP contribution >= 0.6 is 11.6 Å². The van der Waals surface area contributed by atoms with Crippen LogP contribution in [0.4, 0.5) is 11.4 Å². The van der Waals surface area contributed by atoms with E-state index in [0.717, 1.165) is 70.1 Å². The Morgan fingerprint density at radius 1 is 1.03 bits per heavy atom. The van der Waals surface area contributed by atoms with Crippen molar-refractivity contribution in [2.45, 2.75) is 38.4 Å². The number of piperidine rings is 1. The van der Waals surface area contributed by atoms with Crippen LogP contribution in [-0.2, 0) is 9.47 Å². The van der Waals surface area contributed by atoms with Gasteiger partial charge in [-0.15, -0.1) is 0 Å². The van der Waals surface area contributed by atoms with Crippen molar-refractivity contribution in [1.29, 1.82) is 0 Å². The van der Waals surface area contributed by atoms with Crippen LogP contribution in [0.1, 0.15) is 26.2 Å². The van der Waals surface area contributed by atoms with Gasteiger partial charge in [0.1, 0.15) is 11.9 Å². The highest BCUT2D eigenvalue weighted by Crippen LogP contribution is 2.32. The van der Waals surface area contributed by atoms with Crippen LogP contribution in [0.2, 0.25) is 5.02 Å². The van der Waals surface area contributed by atoms with Crippen LogP contribution in [0.3, 0.4) is 0 Å². The smallest absolute Gasteiger partial charge is 0.215 e. The first-order valence-corrected chi connectivity index (χ1v) is 12.5. The fraction of sp³-hybridized carbons (Fsp3) is 0.577. The zero-order valence-electron chi connectivity index (χ0n) is 20.4. The molecular formula is C26H36ClN3O4. The van der Waals surface area contributed by atoms with Crippen LogP contribution < -0.4 is 19.3 Å². The lowest BCUT2D eigenvalue weighted by Gasteiger charge is -2.34. The van der Waals surface area contributed by atoms with Crippen molar-refractivity contribution < 1.29 is 18.9 Å². The van der Waals surface area contributed by atoms with Crippen molar-refractivity contribution in [3.05, 3.63) is 41.6 Å². The van der Waals surface area contributed by atoms with Crippen molar-refractivity contribution >= 4 is 23.0 Å². The normalized spacial score (nSPS) is 21.2. The van der Waals surface area contributed by atoms with Crippen LogP contribution in [0.5, 0.6) is 11.6 Å². The Hall–Kier alpha value is -2.22. The quantitative estimate of drug-likeness (QED) is 0.449. The first-order valence-electron chi connectivity index (χ1n) is 12.1. The lowest BCUT2D eigenvalue weighted by atomic mass is 10.1. The monoisotopic (exact) mass is 489 g/mol. The number of benzene rings is 1. The van der Waals surface area contributed by atoms with E-state index in [2.05, 4.69) is 46.0 Å². The van der Waals surface area contributed by atoms with Gasteiger partial charge in [0.05, 0.1) is 30.1 Å². The number of nitrogens with zero attached hydrogens (tertiary/aromatic N) is 3. The maximum atomic E-state index is 6.37. The number of methoxy groups -OCH3 is 2. The summed E-state index contributed by atoms with van der Waals surface area (Å²) < 4.78 is 22.7. The summed E-state index contributed by atoms with van der Waals surface area (Å²) in [4.78, 5) is 8.85. The second kappa shape index (κ2) is 12.0. The van der Waals surface area contributed by atoms with E-state index in [1.54, 1.807) is 20.4 Å². The largest absolute Gasteiger partial charge is 0.490 e. The number of pyridine rings is 1. The molecule has 4 rings (SSSR count). The second-order valence-corrected chi connectivity index (χ2v) is 9.52. The minimum atomic E-state index is 0.196. The van der Waals surface area contributed by atoms with Crippen molar-refractivity contribution in [2.75, 3.05) is 63.4 Å². The molecule has 2 atom stereocenters. The minimum Gasteiger partial charge on any atom is -0.490 e. The molecule has 1 unspecified atom stereocenters. The Labute approximate surface area is 207 Å². The van der Waals surface area contributed by atoms with Crippen LogP contribution in [-0.4, -0.2) is 70.8 Å². The zero-order valence-corrected chi connectivity index (χ0v) is 21.2. The summed E-state index contributed by atoms with van der Waals surface area (Å²) in [5.41, 5.74) is 2.19. The van der Waals surface area contributed by atoms with Gasteiger partial charge in [-0.05, 0) is 30.7 Å². The van der Waals surface area contributed by atoms with Gasteiger partial charge >= 0.3 is 0 Å². The molecule has 1 aromatic carbocycles. The number of ether oxygens (including phenoxy) is 4. The molecule has 0 bridgehead atoms. The highest BCUT2D eigenvalue weighted by molar-refractivity contribution is 6.33. The molecule has 0 radical (unpaired) electrons. The molecule has 34 heavy (non-hydrogen) atoms. The van der Waals surface area contributed by atoms with Crippen LogP contribution in [0.25, 0.3) is 0 Å². The number of anilines is 2. The fourth-order valence-electron chi connectivity index (χ4n) is 4.71. The van der Waals surface area contributed by atoms with Gasteiger partial charge in [-0.3, -0.25) is 0 Å². The van der Waals surface area contributed by atoms with E-state index in [0.29, 0.717) is 16.8 Å². The molecule has 2 aliphatic rings. The minimum absolute atomic E-state index is 0.196. The van der Waals surface area contributed by atoms with E-state index in [-0.39, 0.29) is 12.2 Å². The third kappa shape index (κ3) is 6.26. The van der Waals surface area contributed by atoms with E-state index in [1.807, 2.05) is 6.07 Å². The van der Waals surface area contributed by atoms with Gasteiger partial charge in [0, 0.05) is 77.0 Å². The summed E-state index contributed by atoms with van der Waals surface area (Å²) in [7, 11) is 3.35. The third-order valence-electron chi connectivity index (χ3n) is 6.67. The predicted octanol–water partition coefficient (Wildman–Crippen LogP) is 4.67. The molecule has 0 aliphatic carbocycles. The molecular weight excluding hydrogens is 454 g/mol. The molecule has 186 valence electrons. The van der Waals surface area contributed by atoms with Crippen molar-refractivity contribution in [3.63, 3.8) is 0 Å². The van der Waals surface area contributed by atoms with Gasteiger partial charge in [-0.1, -0.05) is 18.5 Å². The molecule has 0 saturated carbocycles. The third-order valence-corrected chi connectivity index (χ3v) is 6.97. The van der Waals surface area contributed by atoms with E-state index in [4.69, 9.17) is 30.5 Å². The molecule has 2 aromatic rings. The Morgan fingerprint density at radius 2 is 1.79 bits per heavy atom. The Morgan fingerprint density at radius 3 is 2.50 bits per heavy atom. The molecule has 0 N–H and O–H groups in total. The van der Waals surface area contributed by atoms with Gasteiger partial charge in [-0.25, -0.2) is 4.98 Å². The van der Waals surface area contributed by atoms with Gasteiger partial charge in [0.15, 0.2) is 0 Å². The first kappa shape index (κ1) is 24.9.